The van der Waals surface area contributed by atoms with Crippen LogP contribution < -0.4 is 4.74 Å². The first kappa shape index (κ1) is 13.9. The Bertz CT molecular complexity index is 628. The third-order valence-electron chi connectivity index (χ3n) is 2.63. The van der Waals surface area contributed by atoms with Gasteiger partial charge in [0.15, 0.2) is 11.6 Å². The normalized spacial score (nSPS) is 10.8. The summed E-state index contributed by atoms with van der Waals surface area (Å²) < 4.78 is 31.1. The number of imidazole rings is 1. The number of nitro groups is 1. The van der Waals surface area contributed by atoms with Gasteiger partial charge < -0.3 is 4.74 Å². The van der Waals surface area contributed by atoms with Crippen LogP contribution in [0.5, 0.6) is 5.75 Å². The highest BCUT2D eigenvalue weighted by atomic mass is 19.3. The summed E-state index contributed by atoms with van der Waals surface area (Å²) in [5.41, 5.74) is 0.550. The minimum absolute atomic E-state index is 0.00389. The van der Waals surface area contributed by atoms with Crippen LogP contribution in [-0.2, 0) is 6.61 Å². The molecule has 0 spiro atoms. The second kappa shape index (κ2) is 5.64. The van der Waals surface area contributed by atoms with E-state index in [0.717, 1.165) is 11.8 Å². The molecule has 106 valence electrons. The summed E-state index contributed by atoms with van der Waals surface area (Å²) in [4.78, 5) is 14.0. The van der Waals surface area contributed by atoms with Gasteiger partial charge in [0.25, 0.3) is 0 Å². The molecule has 1 heterocycles. The van der Waals surface area contributed by atoms with Crippen LogP contribution in [-0.4, -0.2) is 14.5 Å². The van der Waals surface area contributed by atoms with E-state index in [9.17, 15) is 18.9 Å². The van der Waals surface area contributed by atoms with E-state index in [1.165, 1.54) is 18.3 Å². The average molecular weight is 283 g/mol. The molecule has 0 unspecified atom stereocenters. The Morgan fingerprint density at radius 1 is 1.50 bits per heavy atom. The molecule has 0 atom stereocenters. The number of aryl methyl sites for hydroxylation is 1. The van der Waals surface area contributed by atoms with Gasteiger partial charge in [0.05, 0.1) is 4.92 Å². The fraction of sp³-hybridized carbons (Fsp3) is 0.250. The minimum atomic E-state index is -2.73. The van der Waals surface area contributed by atoms with Gasteiger partial charge in [0, 0.05) is 18.5 Å². The highest BCUT2D eigenvalue weighted by Gasteiger charge is 2.17. The van der Waals surface area contributed by atoms with Crippen molar-refractivity contribution in [3.8, 4) is 5.75 Å². The van der Waals surface area contributed by atoms with Gasteiger partial charge in [-0.3, -0.25) is 14.7 Å². The van der Waals surface area contributed by atoms with Crippen LogP contribution in [0.25, 0.3) is 0 Å². The maximum atomic E-state index is 12.6. The van der Waals surface area contributed by atoms with Crippen molar-refractivity contribution in [1.82, 2.24) is 9.55 Å². The highest BCUT2D eigenvalue weighted by molar-refractivity contribution is 5.48. The Kier molecular flexibility index (Phi) is 3.92. The molecule has 0 aliphatic rings. The predicted octanol–water partition coefficient (Wildman–Crippen LogP) is 3.07. The highest BCUT2D eigenvalue weighted by Crippen LogP contribution is 2.28. The van der Waals surface area contributed by atoms with Crippen molar-refractivity contribution in [2.24, 2.45) is 0 Å². The first-order valence-electron chi connectivity index (χ1n) is 5.66. The zero-order valence-corrected chi connectivity index (χ0v) is 10.5. The van der Waals surface area contributed by atoms with Crippen molar-refractivity contribution in [2.75, 3.05) is 0 Å². The molecule has 0 amide bonds. The average Bonchev–Trinajstić information content (AvgIpc) is 2.84. The van der Waals surface area contributed by atoms with Crippen molar-refractivity contribution in [2.45, 2.75) is 20.1 Å². The maximum Gasteiger partial charge on any atom is 0.320 e. The van der Waals surface area contributed by atoms with E-state index < -0.39 is 11.5 Å². The number of ether oxygens (including phenoxy) is 1. The van der Waals surface area contributed by atoms with Crippen LogP contribution in [0.1, 0.15) is 17.9 Å². The summed E-state index contributed by atoms with van der Waals surface area (Å²) in [5, 5.41) is 10.9. The smallest absolute Gasteiger partial charge is 0.320 e. The number of benzene rings is 1. The molecular weight excluding hydrogens is 272 g/mol. The lowest BCUT2D eigenvalue weighted by atomic mass is 10.2. The topological polar surface area (TPSA) is 70.2 Å². The maximum absolute atomic E-state index is 12.6. The largest absolute Gasteiger partial charge is 0.479 e. The zero-order chi connectivity index (χ0) is 14.7. The molecule has 0 N–H and O–H groups in total. The number of halogens is 2. The van der Waals surface area contributed by atoms with Crippen molar-refractivity contribution in [3.63, 3.8) is 0 Å². The summed E-state index contributed by atoms with van der Waals surface area (Å²) >= 11 is 0. The van der Waals surface area contributed by atoms with Gasteiger partial charge in [0.2, 0.25) is 0 Å². The zero-order valence-electron chi connectivity index (χ0n) is 10.5. The van der Waals surface area contributed by atoms with Gasteiger partial charge in [-0.2, -0.15) is 8.78 Å². The quantitative estimate of drug-likeness (QED) is 0.624. The van der Waals surface area contributed by atoms with Crippen LogP contribution in [0.3, 0.4) is 0 Å². The number of hydrogen-bond donors (Lipinski definition) is 0. The summed E-state index contributed by atoms with van der Waals surface area (Å²) in [7, 11) is 0. The van der Waals surface area contributed by atoms with E-state index in [1.54, 1.807) is 13.0 Å². The molecular formula is C12H11F2N3O3. The Morgan fingerprint density at radius 3 is 2.90 bits per heavy atom. The third kappa shape index (κ3) is 2.90. The van der Waals surface area contributed by atoms with Crippen LogP contribution in [0.2, 0.25) is 0 Å². The molecule has 1 aromatic carbocycles. The number of hydrogen-bond acceptors (Lipinski definition) is 4. The van der Waals surface area contributed by atoms with Crippen LogP contribution in [0.4, 0.5) is 14.5 Å². The molecule has 0 aliphatic carbocycles. The summed E-state index contributed by atoms with van der Waals surface area (Å²) in [6.07, 6.45) is 2.34. The van der Waals surface area contributed by atoms with Crippen molar-refractivity contribution in [1.29, 1.82) is 0 Å². The number of aromatic nitrogens is 2. The lowest BCUT2D eigenvalue weighted by Gasteiger charge is -2.09. The number of nitrogens with zero attached hydrogens (tertiary/aromatic N) is 3. The molecule has 2 rings (SSSR count). The van der Waals surface area contributed by atoms with Crippen molar-refractivity contribution < 1.29 is 18.4 Å². The minimum Gasteiger partial charge on any atom is -0.479 e. The first-order valence-corrected chi connectivity index (χ1v) is 5.66. The van der Waals surface area contributed by atoms with Gasteiger partial charge >= 0.3 is 12.2 Å². The standard InChI is InChI=1S/C12H11F2N3O3/c1-8-2-3-9(17(18)19)10(6-8)20-7-11-15-4-5-16(11)12(13)14/h2-6,12H,7H2,1H3. The van der Waals surface area contributed by atoms with Crippen LogP contribution in [0.15, 0.2) is 30.6 Å². The number of alkyl halides is 2. The lowest BCUT2D eigenvalue weighted by molar-refractivity contribution is -0.386. The Labute approximate surface area is 112 Å². The Balaban J connectivity index is 2.20. The molecule has 0 saturated carbocycles. The molecule has 2 aromatic rings. The number of rotatable bonds is 5. The van der Waals surface area contributed by atoms with Gasteiger partial charge in [-0.15, -0.1) is 0 Å². The monoisotopic (exact) mass is 283 g/mol. The van der Waals surface area contributed by atoms with Gasteiger partial charge in [-0.1, -0.05) is 6.07 Å². The molecule has 1 aromatic heterocycles. The van der Waals surface area contributed by atoms with E-state index in [-0.39, 0.29) is 23.9 Å². The van der Waals surface area contributed by atoms with Crippen molar-refractivity contribution >= 4 is 5.69 Å². The van der Waals surface area contributed by atoms with Crippen molar-refractivity contribution in [3.05, 3.63) is 52.1 Å². The Hall–Kier alpha value is -2.51. The molecule has 0 fully saturated rings. The molecule has 6 nitrogen and oxygen atoms in total. The van der Waals surface area contributed by atoms with Crippen LogP contribution in [0, 0.1) is 17.0 Å². The predicted molar refractivity (Wildman–Crippen MR) is 65.6 cm³/mol. The van der Waals surface area contributed by atoms with Crippen LogP contribution >= 0.6 is 0 Å². The second-order valence-corrected chi connectivity index (χ2v) is 4.05. The van der Waals surface area contributed by atoms with E-state index in [2.05, 4.69) is 4.98 Å². The van der Waals surface area contributed by atoms with Gasteiger partial charge in [-0.05, 0) is 18.6 Å². The van der Waals surface area contributed by atoms with E-state index in [1.807, 2.05) is 0 Å². The summed E-state index contributed by atoms with van der Waals surface area (Å²) in [6.45, 7) is -1.26. The third-order valence-corrected chi connectivity index (χ3v) is 2.63. The summed E-state index contributed by atoms with van der Waals surface area (Å²) in [6, 6.07) is 4.36. The molecule has 20 heavy (non-hydrogen) atoms. The molecule has 8 heteroatoms. The van der Waals surface area contributed by atoms with Gasteiger partial charge in [-0.25, -0.2) is 4.98 Å². The fourth-order valence-corrected chi connectivity index (χ4v) is 1.66. The first-order chi connectivity index (χ1) is 9.49. The molecule has 0 radical (unpaired) electrons. The SMILES string of the molecule is Cc1ccc([N+](=O)[O-])c(OCc2nccn2C(F)F)c1. The van der Waals surface area contributed by atoms with E-state index >= 15 is 0 Å². The second-order valence-electron chi connectivity index (χ2n) is 4.05. The molecule has 0 aliphatic heterocycles. The Morgan fingerprint density at radius 2 is 2.25 bits per heavy atom. The number of nitro benzene ring substituents is 1. The van der Waals surface area contributed by atoms with Gasteiger partial charge in [0.1, 0.15) is 6.61 Å². The summed E-state index contributed by atoms with van der Waals surface area (Å²) in [5.74, 6) is 0.0228. The van der Waals surface area contributed by atoms with E-state index in [4.69, 9.17) is 4.74 Å². The lowest BCUT2D eigenvalue weighted by Crippen LogP contribution is -2.08. The fourth-order valence-electron chi connectivity index (χ4n) is 1.66. The van der Waals surface area contributed by atoms with E-state index in [0.29, 0.717) is 4.57 Å². The molecule has 0 bridgehead atoms. The molecule has 0 saturated heterocycles.